The highest BCUT2D eigenvalue weighted by Gasteiger charge is 2.28. The zero-order valence-electron chi connectivity index (χ0n) is 14.8. The Labute approximate surface area is 152 Å². The summed E-state index contributed by atoms with van der Waals surface area (Å²) in [7, 11) is 0. The van der Waals surface area contributed by atoms with E-state index in [4.69, 9.17) is 0 Å². The van der Waals surface area contributed by atoms with Crippen LogP contribution in [0.15, 0.2) is 60.8 Å². The minimum atomic E-state index is -0.803. The van der Waals surface area contributed by atoms with E-state index in [2.05, 4.69) is 46.9 Å². The number of aromatic nitrogens is 1. The molecule has 2 aromatic carbocycles. The second-order valence-corrected chi connectivity index (χ2v) is 6.95. The first-order valence-electron chi connectivity index (χ1n) is 9.02. The third-order valence-corrected chi connectivity index (χ3v) is 5.25. The van der Waals surface area contributed by atoms with Crippen molar-refractivity contribution in [2.45, 2.75) is 32.5 Å². The average Bonchev–Trinajstić information content (AvgIpc) is 3.01. The molecule has 0 aliphatic carbocycles. The Balaban J connectivity index is 1.78. The molecule has 0 amide bonds. The first-order valence-corrected chi connectivity index (χ1v) is 9.02. The first-order chi connectivity index (χ1) is 12.6. The maximum absolute atomic E-state index is 14.0. The quantitative estimate of drug-likeness (QED) is 0.639. The summed E-state index contributed by atoms with van der Waals surface area (Å²) in [5, 5.41) is 0. The summed E-state index contributed by atoms with van der Waals surface area (Å²) in [4.78, 5) is 2.37. The predicted molar refractivity (Wildman–Crippen MR) is 98.8 cm³/mol. The molecule has 0 radical (unpaired) electrons. The Morgan fingerprint density at radius 1 is 0.962 bits per heavy atom. The molecule has 0 saturated heterocycles. The third kappa shape index (κ3) is 3.17. The molecule has 2 heterocycles. The van der Waals surface area contributed by atoms with Crippen molar-refractivity contribution in [3.8, 4) is 0 Å². The smallest absolute Gasteiger partial charge is 0.159 e. The van der Waals surface area contributed by atoms with Crippen LogP contribution in [-0.2, 0) is 13.1 Å². The number of aryl methyl sites for hydroxylation is 2. The summed E-state index contributed by atoms with van der Waals surface area (Å²) in [6.07, 6.45) is 3.09. The van der Waals surface area contributed by atoms with Crippen molar-refractivity contribution in [3.63, 3.8) is 0 Å². The summed E-state index contributed by atoms with van der Waals surface area (Å²) in [5.41, 5.74) is 4.43. The molecule has 1 atom stereocenters. The average molecular weight is 352 g/mol. The molecule has 0 fully saturated rings. The fraction of sp³-hybridized carbons (Fsp3) is 0.273. The first kappa shape index (κ1) is 17.0. The van der Waals surface area contributed by atoms with Gasteiger partial charge in [-0.15, -0.1) is 0 Å². The minimum Gasteiger partial charge on any atom is -0.350 e. The molecule has 0 spiro atoms. The van der Waals surface area contributed by atoms with E-state index in [1.165, 1.54) is 23.3 Å². The molecule has 1 aromatic heterocycles. The lowest BCUT2D eigenvalue weighted by atomic mass is 10.00. The van der Waals surface area contributed by atoms with Crippen molar-refractivity contribution in [1.82, 2.24) is 9.47 Å². The van der Waals surface area contributed by atoms with E-state index >= 15 is 0 Å². The summed E-state index contributed by atoms with van der Waals surface area (Å²) in [5.74, 6) is -1.59. The summed E-state index contributed by atoms with van der Waals surface area (Å²) >= 11 is 0. The van der Waals surface area contributed by atoms with Crippen LogP contribution in [0.3, 0.4) is 0 Å². The van der Waals surface area contributed by atoms with Crippen LogP contribution in [0.5, 0.6) is 0 Å². The number of benzene rings is 2. The number of fused-ring (bicyclic) bond motifs is 1. The molecule has 134 valence electrons. The van der Waals surface area contributed by atoms with E-state index in [0.717, 1.165) is 37.3 Å². The topological polar surface area (TPSA) is 8.17 Å². The molecule has 3 aromatic rings. The van der Waals surface area contributed by atoms with Crippen LogP contribution in [0, 0.1) is 18.6 Å². The maximum atomic E-state index is 14.0. The van der Waals surface area contributed by atoms with Gasteiger partial charge in [-0.1, -0.05) is 30.3 Å². The highest BCUT2D eigenvalue weighted by Crippen LogP contribution is 2.34. The lowest BCUT2D eigenvalue weighted by Gasteiger charge is -2.31. The molecule has 0 N–H and O–H groups in total. The van der Waals surface area contributed by atoms with Gasteiger partial charge in [0.2, 0.25) is 0 Å². The summed E-state index contributed by atoms with van der Waals surface area (Å²) in [6.45, 7) is 4.73. The number of nitrogens with zero attached hydrogens (tertiary/aromatic N) is 2. The van der Waals surface area contributed by atoms with E-state index in [0.29, 0.717) is 0 Å². The van der Waals surface area contributed by atoms with Crippen LogP contribution < -0.4 is 0 Å². The highest BCUT2D eigenvalue weighted by molar-refractivity contribution is 5.32. The Kier molecular flexibility index (Phi) is 4.60. The maximum Gasteiger partial charge on any atom is 0.159 e. The molecule has 4 heteroatoms. The molecule has 4 rings (SSSR count). The molecule has 26 heavy (non-hydrogen) atoms. The van der Waals surface area contributed by atoms with Gasteiger partial charge in [-0.3, -0.25) is 4.90 Å². The van der Waals surface area contributed by atoms with Gasteiger partial charge in [0, 0.05) is 31.5 Å². The van der Waals surface area contributed by atoms with Gasteiger partial charge in [-0.25, -0.2) is 8.78 Å². The molecular formula is C22H22F2N2. The van der Waals surface area contributed by atoms with Gasteiger partial charge < -0.3 is 4.57 Å². The second-order valence-electron chi connectivity index (χ2n) is 6.95. The Morgan fingerprint density at radius 2 is 1.81 bits per heavy atom. The van der Waals surface area contributed by atoms with E-state index in [1.807, 2.05) is 12.1 Å². The van der Waals surface area contributed by atoms with Crippen LogP contribution in [-0.4, -0.2) is 16.0 Å². The summed E-state index contributed by atoms with van der Waals surface area (Å²) in [6, 6.07) is 16.6. The normalized spacial score (nSPS) is 17.7. The largest absolute Gasteiger partial charge is 0.350 e. The lowest BCUT2D eigenvalue weighted by molar-refractivity contribution is 0.219. The van der Waals surface area contributed by atoms with E-state index in [1.54, 1.807) is 6.07 Å². The lowest BCUT2D eigenvalue weighted by Crippen LogP contribution is -2.30. The molecule has 1 aliphatic heterocycles. The fourth-order valence-corrected chi connectivity index (χ4v) is 3.88. The Hall–Kier alpha value is -2.46. The minimum absolute atomic E-state index is 0.0952. The van der Waals surface area contributed by atoms with E-state index in [-0.39, 0.29) is 6.04 Å². The van der Waals surface area contributed by atoms with Crippen molar-refractivity contribution < 1.29 is 8.78 Å². The van der Waals surface area contributed by atoms with Crippen molar-refractivity contribution >= 4 is 0 Å². The zero-order valence-corrected chi connectivity index (χ0v) is 14.8. The predicted octanol–water partition coefficient (Wildman–Crippen LogP) is 5.07. The SMILES string of the molecule is Cc1ccccc1CN1CCCn2cccc2[C@@H]1c1ccc(F)c(F)c1. The van der Waals surface area contributed by atoms with Crippen molar-refractivity contribution in [2.24, 2.45) is 0 Å². The van der Waals surface area contributed by atoms with Gasteiger partial charge in [0.25, 0.3) is 0 Å². The third-order valence-electron chi connectivity index (χ3n) is 5.25. The number of halogens is 2. The van der Waals surface area contributed by atoms with Crippen LogP contribution in [0.2, 0.25) is 0 Å². The number of rotatable bonds is 3. The zero-order chi connectivity index (χ0) is 18.1. The molecule has 0 bridgehead atoms. The molecule has 0 unspecified atom stereocenters. The number of hydrogen-bond acceptors (Lipinski definition) is 1. The van der Waals surface area contributed by atoms with Crippen molar-refractivity contribution in [2.75, 3.05) is 6.54 Å². The van der Waals surface area contributed by atoms with Crippen LogP contribution in [0.4, 0.5) is 8.78 Å². The van der Waals surface area contributed by atoms with Crippen molar-refractivity contribution in [1.29, 1.82) is 0 Å². The summed E-state index contributed by atoms with van der Waals surface area (Å²) < 4.78 is 29.7. The van der Waals surface area contributed by atoms with E-state index < -0.39 is 11.6 Å². The van der Waals surface area contributed by atoms with Gasteiger partial charge in [0.05, 0.1) is 6.04 Å². The highest BCUT2D eigenvalue weighted by atomic mass is 19.2. The molecule has 0 saturated carbocycles. The number of hydrogen-bond donors (Lipinski definition) is 0. The second kappa shape index (κ2) is 7.04. The van der Waals surface area contributed by atoms with Gasteiger partial charge in [-0.2, -0.15) is 0 Å². The fourth-order valence-electron chi connectivity index (χ4n) is 3.88. The van der Waals surface area contributed by atoms with Gasteiger partial charge in [0.1, 0.15) is 0 Å². The van der Waals surface area contributed by atoms with Gasteiger partial charge in [-0.05, 0) is 54.3 Å². The molecular weight excluding hydrogens is 330 g/mol. The van der Waals surface area contributed by atoms with Crippen molar-refractivity contribution in [3.05, 3.63) is 94.8 Å². The Morgan fingerprint density at radius 3 is 2.62 bits per heavy atom. The van der Waals surface area contributed by atoms with Crippen LogP contribution in [0.25, 0.3) is 0 Å². The van der Waals surface area contributed by atoms with Crippen LogP contribution >= 0.6 is 0 Å². The Bertz CT molecular complexity index is 916. The molecule has 2 nitrogen and oxygen atoms in total. The van der Waals surface area contributed by atoms with Gasteiger partial charge >= 0.3 is 0 Å². The molecule has 1 aliphatic rings. The van der Waals surface area contributed by atoms with Gasteiger partial charge in [0.15, 0.2) is 11.6 Å². The van der Waals surface area contributed by atoms with E-state index in [9.17, 15) is 8.78 Å². The van der Waals surface area contributed by atoms with Crippen LogP contribution in [0.1, 0.15) is 34.8 Å². The standard InChI is InChI=1S/C22H22F2N2/c1-16-6-2-3-7-18(16)15-26-13-5-12-25-11-4-8-21(25)22(26)17-9-10-19(23)20(24)14-17/h2-4,6-11,14,22H,5,12-13,15H2,1H3/t22-/m0/s1. The monoisotopic (exact) mass is 352 g/mol.